The highest BCUT2D eigenvalue weighted by molar-refractivity contribution is 6.08. The van der Waals surface area contributed by atoms with Crippen molar-refractivity contribution in [1.82, 2.24) is 9.88 Å². The number of carbonyl (C=O) groups excluding carboxylic acids is 1. The first-order valence-corrected chi connectivity index (χ1v) is 14.7. The van der Waals surface area contributed by atoms with Gasteiger partial charge in [0.25, 0.3) is 5.91 Å². The molecule has 0 unspecified atom stereocenters. The lowest BCUT2D eigenvalue weighted by molar-refractivity contribution is 0.0982. The molecule has 7 heteroatoms. The summed E-state index contributed by atoms with van der Waals surface area (Å²) in [5.41, 5.74) is 5.52. The van der Waals surface area contributed by atoms with Crippen molar-refractivity contribution >= 4 is 22.5 Å². The summed E-state index contributed by atoms with van der Waals surface area (Å²) in [7, 11) is 0. The van der Waals surface area contributed by atoms with Gasteiger partial charge in [-0.15, -0.1) is 0 Å². The number of amides is 1. The van der Waals surface area contributed by atoms with Crippen molar-refractivity contribution in [2.75, 3.05) is 31.1 Å². The number of phenols is 2. The Kier molecular flexibility index (Phi) is 8.24. The molecule has 6 rings (SSSR count). The van der Waals surface area contributed by atoms with E-state index < -0.39 is 0 Å². The van der Waals surface area contributed by atoms with Gasteiger partial charge in [-0.2, -0.15) is 0 Å². The van der Waals surface area contributed by atoms with Crippen molar-refractivity contribution in [3.05, 3.63) is 114 Å². The van der Waals surface area contributed by atoms with Crippen LogP contribution in [0.4, 0.5) is 5.69 Å². The molecule has 43 heavy (non-hydrogen) atoms. The number of aryl methyl sites for hydroxylation is 1. The molecule has 0 aliphatic carbocycles. The fourth-order valence-corrected chi connectivity index (χ4v) is 5.61. The number of fused-ring (bicyclic) bond motifs is 1. The van der Waals surface area contributed by atoms with Crippen LogP contribution in [-0.2, 0) is 6.54 Å². The fourth-order valence-electron chi connectivity index (χ4n) is 5.61. The highest BCUT2D eigenvalue weighted by Crippen LogP contribution is 2.31. The number of phenolic OH excluding ortho intramolecular Hbond substituents is 2. The number of rotatable bonds is 9. The average molecular weight is 574 g/mol. The third-order valence-electron chi connectivity index (χ3n) is 7.96. The monoisotopic (exact) mass is 573 g/mol. The zero-order chi connectivity index (χ0) is 29.8. The van der Waals surface area contributed by atoms with Gasteiger partial charge in [0.2, 0.25) is 0 Å². The standard InChI is InChI=1S/C36H35N3O4/c1-25-22-28-6-2-3-7-33(28)37-35(25)27-10-12-29(13-11-27)39(36(42)32-17-14-30(40)23-34(32)41)24-26-8-15-31(16-9-26)43-21-20-38-18-4-5-19-38/h2-3,6-17,22-23,40-41H,4-5,18-21,24H2,1H3. The van der Waals surface area contributed by atoms with E-state index in [1.165, 1.54) is 31.0 Å². The maximum Gasteiger partial charge on any atom is 0.262 e. The van der Waals surface area contributed by atoms with Crippen LogP contribution in [0.5, 0.6) is 17.2 Å². The first-order valence-electron chi connectivity index (χ1n) is 14.7. The predicted molar refractivity (Wildman–Crippen MR) is 170 cm³/mol. The SMILES string of the molecule is Cc1cc2ccccc2nc1-c1ccc(N(Cc2ccc(OCCN3CCCC3)cc2)C(=O)c2ccc(O)cc2O)cc1. The first kappa shape index (κ1) is 28.2. The molecule has 1 amide bonds. The molecule has 1 aliphatic heterocycles. The van der Waals surface area contributed by atoms with Crippen LogP contribution >= 0.6 is 0 Å². The highest BCUT2D eigenvalue weighted by Gasteiger charge is 2.22. The number of hydrogen-bond donors (Lipinski definition) is 2. The van der Waals surface area contributed by atoms with Gasteiger partial charge in [0, 0.05) is 29.2 Å². The van der Waals surface area contributed by atoms with E-state index in [2.05, 4.69) is 17.0 Å². The predicted octanol–water partition coefficient (Wildman–Crippen LogP) is 6.94. The summed E-state index contributed by atoms with van der Waals surface area (Å²) in [6, 6.07) is 29.7. The van der Waals surface area contributed by atoms with Gasteiger partial charge < -0.3 is 19.8 Å². The first-order chi connectivity index (χ1) is 20.9. The Bertz CT molecular complexity index is 1730. The number of ether oxygens (including phenoxy) is 1. The van der Waals surface area contributed by atoms with Crippen molar-refractivity contribution < 1.29 is 19.7 Å². The van der Waals surface area contributed by atoms with Gasteiger partial charge in [0.05, 0.1) is 23.3 Å². The molecule has 1 aliphatic rings. The van der Waals surface area contributed by atoms with Crippen LogP contribution in [0.1, 0.15) is 34.3 Å². The van der Waals surface area contributed by atoms with Gasteiger partial charge in [0.1, 0.15) is 23.9 Å². The van der Waals surface area contributed by atoms with Crippen molar-refractivity contribution in [2.45, 2.75) is 26.3 Å². The van der Waals surface area contributed by atoms with Gasteiger partial charge in [-0.1, -0.05) is 42.5 Å². The van der Waals surface area contributed by atoms with Crippen LogP contribution in [0.3, 0.4) is 0 Å². The van der Waals surface area contributed by atoms with Gasteiger partial charge in [-0.05, 0) is 92.5 Å². The zero-order valence-electron chi connectivity index (χ0n) is 24.2. The number of nitrogens with zero attached hydrogens (tertiary/aromatic N) is 3. The van der Waals surface area contributed by atoms with E-state index >= 15 is 0 Å². The minimum absolute atomic E-state index is 0.107. The number of pyridine rings is 1. The minimum Gasteiger partial charge on any atom is -0.508 e. The second-order valence-electron chi connectivity index (χ2n) is 11.0. The molecule has 5 aromatic rings. The molecular weight excluding hydrogens is 538 g/mol. The zero-order valence-corrected chi connectivity index (χ0v) is 24.2. The molecule has 2 N–H and O–H groups in total. The summed E-state index contributed by atoms with van der Waals surface area (Å²) in [5, 5.41) is 21.4. The number of likely N-dealkylation sites (tertiary alicyclic amines) is 1. The quantitative estimate of drug-likeness (QED) is 0.199. The number of carbonyl (C=O) groups is 1. The van der Waals surface area contributed by atoms with Crippen molar-refractivity contribution in [3.8, 4) is 28.5 Å². The molecule has 2 heterocycles. The van der Waals surface area contributed by atoms with Crippen LogP contribution in [0, 0.1) is 6.92 Å². The molecule has 0 spiro atoms. The van der Waals surface area contributed by atoms with Gasteiger partial charge >= 0.3 is 0 Å². The fraction of sp³-hybridized carbons (Fsp3) is 0.222. The Hall–Kier alpha value is -4.88. The van der Waals surface area contributed by atoms with Gasteiger partial charge in [-0.25, -0.2) is 4.98 Å². The maximum atomic E-state index is 13.8. The molecule has 0 radical (unpaired) electrons. The Labute approximate surface area is 251 Å². The smallest absolute Gasteiger partial charge is 0.262 e. The van der Waals surface area contributed by atoms with E-state index in [1.807, 2.05) is 73.7 Å². The second-order valence-corrected chi connectivity index (χ2v) is 11.0. The van der Waals surface area contributed by atoms with E-state index in [9.17, 15) is 15.0 Å². The third kappa shape index (κ3) is 6.47. The molecule has 218 valence electrons. The summed E-state index contributed by atoms with van der Waals surface area (Å²) in [4.78, 5) is 22.7. The molecule has 1 aromatic heterocycles. The van der Waals surface area contributed by atoms with E-state index in [0.717, 1.165) is 58.7 Å². The van der Waals surface area contributed by atoms with Gasteiger partial charge in [0.15, 0.2) is 0 Å². The lowest BCUT2D eigenvalue weighted by atomic mass is 10.0. The van der Waals surface area contributed by atoms with Crippen LogP contribution in [-0.4, -0.2) is 52.2 Å². The Balaban J connectivity index is 1.25. The number of benzene rings is 4. The van der Waals surface area contributed by atoms with Gasteiger partial charge in [-0.3, -0.25) is 9.69 Å². The normalized spacial score (nSPS) is 13.3. The molecule has 1 saturated heterocycles. The van der Waals surface area contributed by atoms with E-state index in [0.29, 0.717) is 12.3 Å². The molecule has 7 nitrogen and oxygen atoms in total. The molecule has 0 saturated carbocycles. The summed E-state index contributed by atoms with van der Waals surface area (Å²) in [6.07, 6.45) is 2.52. The topological polar surface area (TPSA) is 86.1 Å². The molecule has 0 atom stereocenters. The van der Waals surface area contributed by atoms with E-state index in [1.54, 1.807) is 4.90 Å². The third-order valence-corrected chi connectivity index (χ3v) is 7.96. The number of para-hydroxylation sites is 1. The lowest BCUT2D eigenvalue weighted by Gasteiger charge is -2.24. The summed E-state index contributed by atoms with van der Waals surface area (Å²) in [5.74, 6) is 0.0312. The van der Waals surface area contributed by atoms with Crippen molar-refractivity contribution in [3.63, 3.8) is 0 Å². The Morgan fingerprint density at radius 1 is 0.907 bits per heavy atom. The summed E-state index contributed by atoms with van der Waals surface area (Å²) in [6.45, 7) is 6.17. The maximum absolute atomic E-state index is 13.8. The highest BCUT2D eigenvalue weighted by atomic mass is 16.5. The molecule has 0 bridgehead atoms. The van der Waals surface area contributed by atoms with Crippen LogP contribution in [0.2, 0.25) is 0 Å². The van der Waals surface area contributed by atoms with Crippen LogP contribution < -0.4 is 9.64 Å². The Morgan fingerprint density at radius 3 is 2.40 bits per heavy atom. The van der Waals surface area contributed by atoms with Crippen LogP contribution in [0.15, 0.2) is 97.1 Å². The number of aromatic nitrogens is 1. The Morgan fingerprint density at radius 2 is 1.65 bits per heavy atom. The van der Waals surface area contributed by atoms with Crippen molar-refractivity contribution in [1.29, 1.82) is 0 Å². The molecular formula is C36H35N3O4. The summed E-state index contributed by atoms with van der Waals surface area (Å²) < 4.78 is 5.96. The average Bonchev–Trinajstić information content (AvgIpc) is 3.54. The molecule has 1 fully saturated rings. The summed E-state index contributed by atoms with van der Waals surface area (Å²) >= 11 is 0. The van der Waals surface area contributed by atoms with E-state index in [-0.39, 0.29) is 29.5 Å². The molecule has 4 aromatic carbocycles. The minimum atomic E-state index is -0.379. The number of hydrogen-bond acceptors (Lipinski definition) is 6. The second kappa shape index (κ2) is 12.5. The van der Waals surface area contributed by atoms with Crippen molar-refractivity contribution in [2.24, 2.45) is 0 Å². The number of aromatic hydroxyl groups is 2. The number of anilines is 1. The van der Waals surface area contributed by atoms with E-state index in [4.69, 9.17) is 9.72 Å². The lowest BCUT2D eigenvalue weighted by Crippen LogP contribution is -2.30. The van der Waals surface area contributed by atoms with Crippen LogP contribution in [0.25, 0.3) is 22.2 Å². The largest absolute Gasteiger partial charge is 0.508 e.